The van der Waals surface area contributed by atoms with Crippen LogP contribution in [-0.2, 0) is 0 Å². The number of hydrogen-bond donors (Lipinski definition) is 1. The zero-order chi connectivity index (χ0) is 10.8. The van der Waals surface area contributed by atoms with Crippen molar-refractivity contribution in [2.24, 2.45) is 5.16 Å². The Morgan fingerprint density at radius 2 is 2.33 bits per heavy atom. The van der Waals surface area contributed by atoms with Gasteiger partial charge in [-0.1, -0.05) is 5.16 Å². The second kappa shape index (κ2) is 3.86. The summed E-state index contributed by atoms with van der Waals surface area (Å²) in [6.45, 7) is 1.72. The maximum atomic E-state index is 8.64. The Kier molecular flexibility index (Phi) is 2.55. The van der Waals surface area contributed by atoms with Crippen molar-refractivity contribution in [2.75, 3.05) is 7.11 Å². The first kappa shape index (κ1) is 9.92. The fraction of sp³-hybridized carbons (Fsp3) is 0.200. The molecule has 1 heterocycles. The maximum absolute atomic E-state index is 8.64. The minimum Gasteiger partial charge on any atom is -0.497 e. The van der Waals surface area contributed by atoms with Crippen molar-refractivity contribution in [3.8, 4) is 5.75 Å². The second-order valence-corrected chi connectivity index (χ2v) is 4.07. The first-order valence-electron chi connectivity index (χ1n) is 4.38. The van der Waals surface area contributed by atoms with Crippen LogP contribution in [-0.4, -0.2) is 23.0 Å². The summed E-state index contributed by atoms with van der Waals surface area (Å²) in [6.07, 6.45) is 0. The van der Waals surface area contributed by atoms with Crippen LogP contribution in [0.4, 0.5) is 0 Å². The number of oxime groups is 1. The van der Waals surface area contributed by atoms with Crippen LogP contribution in [0.5, 0.6) is 5.75 Å². The van der Waals surface area contributed by atoms with Gasteiger partial charge >= 0.3 is 0 Å². The van der Waals surface area contributed by atoms with E-state index in [1.54, 1.807) is 14.0 Å². The van der Waals surface area contributed by atoms with Crippen LogP contribution in [0, 0.1) is 0 Å². The highest BCUT2D eigenvalue weighted by atomic mass is 32.1. The van der Waals surface area contributed by atoms with E-state index in [0.29, 0.717) is 5.71 Å². The summed E-state index contributed by atoms with van der Waals surface area (Å²) in [5, 5.41) is 12.5. The summed E-state index contributed by atoms with van der Waals surface area (Å²) < 4.78 is 6.14. The second-order valence-electron chi connectivity index (χ2n) is 3.04. The fourth-order valence-corrected chi connectivity index (χ4v) is 2.16. The van der Waals surface area contributed by atoms with Gasteiger partial charge in [-0.15, -0.1) is 11.3 Å². The summed E-state index contributed by atoms with van der Waals surface area (Å²) in [7, 11) is 1.63. The number of hydrogen-bond acceptors (Lipinski definition) is 5. The maximum Gasteiger partial charge on any atom is 0.142 e. The van der Waals surface area contributed by atoms with Crippen molar-refractivity contribution in [3.05, 3.63) is 23.2 Å². The minimum atomic E-state index is 0.523. The van der Waals surface area contributed by atoms with Gasteiger partial charge < -0.3 is 9.94 Å². The van der Waals surface area contributed by atoms with Crippen molar-refractivity contribution in [1.82, 2.24) is 4.98 Å². The standard InChI is InChI=1S/C10H10N2O2S/c1-6(12-13)10-11-8-4-3-7(14-2)5-9(8)15-10/h3-5,13H,1-2H3/b12-6-. The summed E-state index contributed by atoms with van der Waals surface area (Å²) in [5.41, 5.74) is 1.41. The summed E-state index contributed by atoms with van der Waals surface area (Å²) in [4.78, 5) is 4.33. The van der Waals surface area contributed by atoms with E-state index >= 15 is 0 Å². The number of fused-ring (bicyclic) bond motifs is 1. The van der Waals surface area contributed by atoms with Gasteiger partial charge in [0.05, 0.1) is 17.3 Å². The molecule has 0 unspecified atom stereocenters. The van der Waals surface area contributed by atoms with Crippen LogP contribution in [0.1, 0.15) is 11.9 Å². The fourth-order valence-electron chi connectivity index (χ4n) is 1.23. The average Bonchev–Trinajstić information content (AvgIpc) is 2.70. The van der Waals surface area contributed by atoms with E-state index in [0.717, 1.165) is 21.0 Å². The SMILES string of the molecule is COc1ccc2nc(/C(C)=N\O)sc2c1. The molecule has 78 valence electrons. The van der Waals surface area contributed by atoms with E-state index in [1.165, 1.54) is 11.3 Å². The minimum absolute atomic E-state index is 0.523. The highest BCUT2D eigenvalue weighted by Crippen LogP contribution is 2.26. The molecule has 0 fully saturated rings. The summed E-state index contributed by atoms with van der Waals surface area (Å²) in [5.74, 6) is 0.802. The largest absolute Gasteiger partial charge is 0.497 e. The number of benzene rings is 1. The quantitative estimate of drug-likeness (QED) is 0.482. The van der Waals surface area contributed by atoms with Gasteiger partial charge in [-0.2, -0.15) is 0 Å². The van der Waals surface area contributed by atoms with Crippen molar-refractivity contribution < 1.29 is 9.94 Å². The first-order chi connectivity index (χ1) is 7.24. The number of methoxy groups -OCH3 is 1. The van der Waals surface area contributed by atoms with Crippen molar-refractivity contribution >= 4 is 27.3 Å². The zero-order valence-electron chi connectivity index (χ0n) is 8.39. The van der Waals surface area contributed by atoms with E-state index < -0.39 is 0 Å². The predicted octanol–water partition coefficient (Wildman–Crippen LogP) is 2.50. The molecule has 0 atom stereocenters. The van der Waals surface area contributed by atoms with Gasteiger partial charge in [0.15, 0.2) is 0 Å². The lowest BCUT2D eigenvalue weighted by Crippen LogP contribution is -1.91. The third kappa shape index (κ3) is 1.78. The van der Waals surface area contributed by atoms with Crippen molar-refractivity contribution in [3.63, 3.8) is 0 Å². The molecule has 4 nitrogen and oxygen atoms in total. The Morgan fingerprint density at radius 3 is 3.00 bits per heavy atom. The van der Waals surface area contributed by atoms with E-state index in [4.69, 9.17) is 9.94 Å². The van der Waals surface area contributed by atoms with Crippen molar-refractivity contribution in [1.29, 1.82) is 0 Å². The van der Waals surface area contributed by atoms with Crippen LogP contribution < -0.4 is 4.74 Å². The smallest absolute Gasteiger partial charge is 0.142 e. The molecule has 0 aliphatic rings. The number of aromatic nitrogens is 1. The molecular weight excluding hydrogens is 212 g/mol. The number of thiazole rings is 1. The normalized spacial score (nSPS) is 12.0. The first-order valence-corrected chi connectivity index (χ1v) is 5.20. The van der Waals surface area contributed by atoms with E-state index in [9.17, 15) is 0 Å². The van der Waals surface area contributed by atoms with E-state index in [-0.39, 0.29) is 0 Å². The zero-order valence-corrected chi connectivity index (χ0v) is 9.21. The van der Waals surface area contributed by atoms with E-state index in [2.05, 4.69) is 10.1 Å². The number of rotatable bonds is 2. The molecule has 0 saturated heterocycles. The molecule has 0 amide bonds. The Bertz CT molecular complexity index is 519. The molecule has 0 saturated carbocycles. The topological polar surface area (TPSA) is 54.7 Å². The third-order valence-electron chi connectivity index (χ3n) is 2.06. The van der Waals surface area contributed by atoms with Gasteiger partial charge in [0.25, 0.3) is 0 Å². The number of nitrogens with zero attached hydrogens (tertiary/aromatic N) is 2. The molecule has 0 bridgehead atoms. The lowest BCUT2D eigenvalue weighted by atomic mass is 10.3. The molecule has 15 heavy (non-hydrogen) atoms. The lowest BCUT2D eigenvalue weighted by molar-refractivity contribution is 0.319. The van der Waals surface area contributed by atoms with Crippen LogP contribution in [0.15, 0.2) is 23.4 Å². The molecule has 2 rings (SSSR count). The molecule has 1 N–H and O–H groups in total. The number of ether oxygens (including phenoxy) is 1. The predicted molar refractivity (Wildman–Crippen MR) is 60.2 cm³/mol. The highest BCUT2D eigenvalue weighted by Gasteiger charge is 2.07. The van der Waals surface area contributed by atoms with Gasteiger partial charge in [0.1, 0.15) is 16.5 Å². The summed E-state index contributed by atoms with van der Waals surface area (Å²) >= 11 is 1.48. The van der Waals surface area contributed by atoms with Crippen LogP contribution in [0.3, 0.4) is 0 Å². The van der Waals surface area contributed by atoms with Gasteiger partial charge in [0.2, 0.25) is 0 Å². The molecule has 0 spiro atoms. The Morgan fingerprint density at radius 1 is 1.53 bits per heavy atom. The molecule has 0 aliphatic heterocycles. The summed E-state index contributed by atoms with van der Waals surface area (Å²) in [6, 6.07) is 5.66. The molecule has 0 aliphatic carbocycles. The molecule has 1 aromatic heterocycles. The Labute approximate surface area is 90.8 Å². The molecule has 2 aromatic rings. The molecular formula is C10H10N2O2S. The molecule has 0 radical (unpaired) electrons. The molecule has 1 aromatic carbocycles. The van der Waals surface area contributed by atoms with Gasteiger partial charge in [-0.3, -0.25) is 0 Å². The van der Waals surface area contributed by atoms with Gasteiger partial charge in [-0.05, 0) is 25.1 Å². The van der Waals surface area contributed by atoms with Gasteiger partial charge in [-0.25, -0.2) is 4.98 Å². The van der Waals surface area contributed by atoms with Crippen LogP contribution >= 0.6 is 11.3 Å². The van der Waals surface area contributed by atoms with Gasteiger partial charge in [0, 0.05) is 0 Å². The van der Waals surface area contributed by atoms with Crippen LogP contribution in [0.25, 0.3) is 10.2 Å². The average molecular weight is 222 g/mol. The Hall–Kier alpha value is -1.62. The molecule has 5 heteroatoms. The van der Waals surface area contributed by atoms with E-state index in [1.807, 2.05) is 18.2 Å². The monoisotopic (exact) mass is 222 g/mol. The Balaban J connectivity index is 2.56. The third-order valence-corrected chi connectivity index (χ3v) is 3.18. The highest BCUT2D eigenvalue weighted by molar-refractivity contribution is 7.20. The van der Waals surface area contributed by atoms with Crippen molar-refractivity contribution in [2.45, 2.75) is 6.92 Å². The lowest BCUT2D eigenvalue weighted by Gasteiger charge is -1.96. The van der Waals surface area contributed by atoms with Crippen LogP contribution in [0.2, 0.25) is 0 Å².